The van der Waals surface area contributed by atoms with Crippen molar-refractivity contribution in [3.8, 4) is 0 Å². The minimum Gasteiger partial charge on any atom is -0.481 e. The van der Waals surface area contributed by atoms with Crippen LogP contribution in [0.3, 0.4) is 0 Å². The third-order valence-corrected chi connectivity index (χ3v) is 4.32. The van der Waals surface area contributed by atoms with Gasteiger partial charge in [0.15, 0.2) is 0 Å². The number of hydrogen-bond acceptors (Lipinski definition) is 3. The summed E-state index contributed by atoms with van der Waals surface area (Å²) in [5.41, 5.74) is 1.36. The first-order chi connectivity index (χ1) is 11.0. The number of carbonyl (C=O) groups excluding carboxylic acids is 1. The van der Waals surface area contributed by atoms with Crippen molar-refractivity contribution in [1.29, 1.82) is 0 Å². The highest BCUT2D eigenvalue weighted by atomic mass is 19.1. The van der Waals surface area contributed by atoms with Crippen molar-refractivity contribution in [2.45, 2.75) is 32.2 Å². The number of likely N-dealkylation sites (tertiary alicyclic amines) is 1. The Morgan fingerprint density at radius 1 is 1.48 bits per heavy atom. The van der Waals surface area contributed by atoms with E-state index in [-0.39, 0.29) is 18.1 Å². The summed E-state index contributed by atoms with van der Waals surface area (Å²) in [6.07, 6.45) is 1.16. The Balaban J connectivity index is 2.38. The van der Waals surface area contributed by atoms with E-state index in [0.29, 0.717) is 37.1 Å². The Morgan fingerprint density at radius 3 is 2.83 bits per heavy atom. The molecule has 126 valence electrons. The summed E-state index contributed by atoms with van der Waals surface area (Å²) in [7, 11) is 1.58. The van der Waals surface area contributed by atoms with Crippen LogP contribution >= 0.6 is 0 Å². The summed E-state index contributed by atoms with van der Waals surface area (Å²) >= 11 is 0. The van der Waals surface area contributed by atoms with Crippen molar-refractivity contribution >= 4 is 11.9 Å². The van der Waals surface area contributed by atoms with Crippen LogP contribution in [0.5, 0.6) is 0 Å². The van der Waals surface area contributed by atoms with E-state index in [4.69, 9.17) is 4.74 Å². The number of benzene rings is 1. The number of hydrogen-bond donors (Lipinski definition) is 1. The molecule has 0 unspecified atom stereocenters. The van der Waals surface area contributed by atoms with E-state index in [9.17, 15) is 19.1 Å². The highest BCUT2D eigenvalue weighted by Gasteiger charge is 2.40. The lowest BCUT2D eigenvalue weighted by Crippen LogP contribution is -2.46. The second-order valence-electron chi connectivity index (χ2n) is 5.86. The van der Waals surface area contributed by atoms with E-state index in [1.807, 2.05) is 0 Å². The van der Waals surface area contributed by atoms with Gasteiger partial charge in [0, 0.05) is 26.7 Å². The summed E-state index contributed by atoms with van der Waals surface area (Å²) < 4.78 is 18.4. The molecule has 1 aliphatic heterocycles. The zero-order valence-corrected chi connectivity index (χ0v) is 13.4. The number of aryl methyl sites for hydroxylation is 1. The van der Waals surface area contributed by atoms with Crippen molar-refractivity contribution in [3.05, 3.63) is 35.1 Å². The molecule has 1 saturated heterocycles. The van der Waals surface area contributed by atoms with Crippen molar-refractivity contribution in [1.82, 2.24) is 4.90 Å². The predicted molar refractivity (Wildman–Crippen MR) is 82.4 cm³/mol. The molecule has 2 atom stereocenters. The van der Waals surface area contributed by atoms with Gasteiger partial charge in [-0.3, -0.25) is 9.59 Å². The van der Waals surface area contributed by atoms with E-state index in [1.54, 1.807) is 25.0 Å². The van der Waals surface area contributed by atoms with Gasteiger partial charge >= 0.3 is 5.97 Å². The van der Waals surface area contributed by atoms with Crippen molar-refractivity contribution in [3.63, 3.8) is 0 Å². The number of carbonyl (C=O) groups is 2. The molecule has 0 aliphatic carbocycles. The maximum absolute atomic E-state index is 13.4. The number of aliphatic carboxylic acids is 1. The Hall–Kier alpha value is -1.95. The average molecular weight is 323 g/mol. The molecule has 1 amide bonds. The smallest absolute Gasteiger partial charge is 0.308 e. The normalized spacial score (nSPS) is 21.5. The Kier molecular flexibility index (Phi) is 5.71. The molecule has 5 nitrogen and oxygen atoms in total. The fraction of sp³-hybridized carbons (Fsp3) is 0.529. The summed E-state index contributed by atoms with van der Waals surface area (Å²) in [6.45, 7) is 2.66. The summed E-state index contributed by atoms with van der Waals surface area (Å²) in [5.74, 6) is -2.04. The molecule has 0 aromatic heterocycles. The lowest BCUT2D eigenvalue weighted by atomic mass is 9.82. The van der Waals surface area contributed by atoms with Gasteiger partial charge in [0.1, 0.15) is 5.82 Å². The van der Waals surface area contributed by atoms with Crippen LogP contribution in [0.4, 0.5) is 4.39 Å². The third kappa shape index (κ3) is 3.88. The second kappa shape index (κ2) is 7.55. The molecule has 23 heavy (non-hydrogen) atoms. The highest BCUT2D eigenvalue weighted by Crippen LogP contribution is 2.38. The monoisotopic (exact) mass is 323 g/mol. The molecule has 0 radical (unpaired) electrons. The number of carboxylic acid groups (broad SMARTS) is 1. The van der Waals surface area contributed by atoms with Crippen molar-refractivity contribution in [2.75, 3.05) is 20.3 Å². The summed E-state index contributed by atoms with van der Waals surface area (Å²) in [4.78, 5) is 25.6. The molecule has 1 aliphatic rings. The largest absolute Gasteiger partial charge is 0.481 e. The molecule has 0 spiro atoms. The number of ether oxygens (including phenoxy) is 1. The van der Waals surface area contributed by atoms with E-state index < -0.39 is 17.9 Å². The molecule has 0 saturated carbocycles. The van der Waals surface area contributed by atoms with E-state index in [0.717, 1.165) is 0 Å². The molecular weight excluding hydrogens is 301 g/mol. The van der Waals surface area contributed by atoms with Gasteiger partial charge in [-0.25, -0.2) is 4.39 Å². The fourth-order valence-corrected chi connectivity index (χ4v) is 3.21. The zero-order chi connectivity index (χ0) is 17.0. The van der Waals surface area contributed by atoms with Crippen LogP contribution in [0.25, 0.3) is 0 Å². The van der Waals surface area contributed by atoms with Gasteiger partial charge in [-0.1, -0.05) is 6.07 Å². The average Bonchev–Trinajstić information content (AvgIpc) is 2.49. The van der Waals surface area contributed by atoms with Gasteiger partial charge in [0.05, 0.1) is 12.0 Å². The molecule has 0 bridgehead atoms. The van der Waals surface area contributed by atoms with Crippen LogP contribution in [0, 0.1) is 18.7 Å². The molecule has 1 aromatic rings. The number of carboxylic acids is 1. The van der Waals surface area contributed by atoms with Crippen LogP contribution in [-0.4, -0.2) is 42.1 Å². The fourth-order valence-electron chi connectivity index (χ4n) is 3.21. The summed E-state index contributed by atoms with van der Waals surface area (Å²) in [5, 5.41) is 9.55. The Bertz CT molecular complexity index is 590. The highest BCUT2D eigenvalue weighted by molar-refractivity contribution is 5.82. The number of amides is 1. The number of rotatable bonds is 6. The topological polar surface area (TPSA) is 66.8 Å². The standard InChI is InChI=1S/C17H22FNO4/c1-11-10-12(18)4-5-13(11)16-14(17(21)22)6-7-15(20)19(16)8-3-9-23-2/h4-5,10,14,16H,3,6-9H2,1-2H3,(H,21,22)/t14-,16+/m1/s1. The Labute approximate surface area is 135 Å². The number of methoxy groups -OCH3 is 1. The minimum absolute atomic E-state index is 0.0627. The van der Waals surface area contributed by atoms with Crippen LogP contribution in [0.15, 0.2) is 18.2 Å². The lowest BCUT2D eigenvalue weighted by Gasteiger charge is -2.40. The first-order valence-corrected chi connectivity index (χ1v) is 7.73. The maximum Gasteiger partial charge on any atom is 0.308 e. The van der Waals surface area contributed by atoms with Gasteiger partial charge in [-0.15, -0.1) is 0 Å². The van der Waals surface area contributed by atoms with Crippen LogP contribution in [0.1, 0.15) is 36.4 Å². The quantitative estimate of drug-likeness (QED) is 0.817. The third-order valence-electron chi connectivity index (χ3n) is 4.32. The first-order valence-electron chi connectivity index (χ1n) is 7.73. The second-order valence-corrected chi connectivity index (χ2v) is 5.86. The van der Waals surface area contributed by atoms with Crippen molar-refractivity contribution in [2.24, 2.45) is 5.92 Å². The molecule has 1 fully saturated rings. The first kappa shape index (κ1) is 17.4. The van der Waals surface area contributed by atoms with E-state index in [2.05, 4.69) is 0 Å². The molecule has 2 rings (SSSR count). The maximum atomic E-state index is 13.4. The number of halogens is 1. The summed E-state index contributed by atoms with van der Waals surface area (Å²) in [6, 6.07) is 3.72. The minimum atomic E-state index is -0.928. The van der Waals surface area contributed by atoms with Crippen LogP contribution in [-0.2, 0) is 14.3 Å². The predicted octanol–water partition coefficient (Wildman–Crippen LogP) is 2.53. The van der Waals surface area contributed by atoms with Gasteiger partial charge in [-0.05, 0) is 43.0 Å². The molecule has 1 heterocycles. The molecule has 1 aromatic carbocycles. The van der Waals surface area contributed by atoms with Crippen molar-refractivity contribution < 1.29 is 23.8 Å². The van der Waals surface area contributed by atoms with Crippen LogP contribution < -0.4 is 0 Å². The van der Waals surface area contributed by atoms with E-state index >= 15 is 0 Å². The molecular formula is C17H22FNO4. The Morgan fingerprint density at radius 2 is 2.22 bits per heavy atom. The van der Waals surface area contributed by atoms with E-state index in [1.165, 1.54) is 12.1 Å². The zero-order valence-electron chi connectivity index (χ0n) is 13.4. The van der Waals surface area contributed by atoms with Gasteiger partial charge in [0.2, 0.25) is 5.91 Å². The van der Waals surface area contributed by atoms with Crippen LogP contribution in [0.2, 0.25) is 0 Å². The van der Waals surface area contributed by atoms with Gasteiger partial charge < -0.3 is 14.7 Å². The SMILES string of the molecule is COCCCN1C(=O)CC[C@@H](C(=O)O)[C@@H]1c1ccc(F)cc1C. The van der Waals surface area contributed by atoms with Gasteiger partial charge in [-0.2, -0.15) is 0 Å². The van der Waals surface area contributed by atoms with Gasteiger partial charge in [0.25, 0.3) is 0 Å². The number of nitrogens with zero attached hydrogens (tertiary/aromatic N) is 1. The molecule has 6 heteroatoms. The lowest BCUT2D eigenvalue weighted by molar-refractivity contribution is -0.152. The number of piperidine rings is 1. The molecule has 1 N–H and O–H groups in total.